The zero-order valence-corrected chi connectivity index (χ0v) is 47.0. The number of allylic oxidation sites excluding steroid dienone is 5. The number of hydrogen-bond donors (Lipinski definition) is 5. The number of carbonyl (C=O) groups is 6. The Hall–Kier alpha value is -6.63. The minimum atomic E-state index is -1.98. The minimum Gasteiger partial charge on any atom is -0.507 e. The Balaban J connectivity index is 1.07. The van der Waals surface area contributed by atoms with Gasteiger partial charge in [0.1, 0.15) is 35.4 Å². The van der Waals surface area contributed by atoms with Gasteiger partial charge in [-0.05, 0) is 69.6 Å². The number of likely N-dealkylation sites (tertiary alicyclic amines) is 2. The molecule has 3 amide bonds. The molecule has 9 rings (SSSR count). The summed E-state index contributed by atoms with van der Waals surface area (Å²) >= 11 is 0. The fourth-order valence-electron chi connectivity index (χ4n) is 12.1. The number of anilines is 1. The van der Waals surface area contributed by atoms with E-state index in [0.29, 0.717) is 57.8 Å². The van der Waals surface area contributed by atoms with Crippen LogP contribution in [0.2, 0.25) is 0 Å². The van der Waals surface area contributed by atoms with Gasteiger partial charge in [-0.2, -0.15) is 0 Å². The maximum atomic E-state index is 14.9. The van der Waals surface area contributed by atoms with E-state index in [1.54, 1.807) is 61.8 Å². The van der Waals surface area contributed by atoms with E-state index in [-0.39, 0.29) is 69.1 Å². The summed E-state index contributed by atoms with van der Waals surface area (Å²) in [5, 5.41) is 41.8. The number of nitrogens with zero attached hydrogens (tertiary/aromatic N) is 4. The summed E-state index contributed by atoms with van der Waals surface area (Å²) in [4.78, 5) is 95.3. The average Bonchev–Trinajstić information content (AvgIpc) is 3.96. The van der Waals surface area contributed by atoms with Crippen LogP contribution in [0.3, 0.4) is 0 Å². The predicted octanol–water partition coefficient (Wildman–Crippen LogP) is 6.71. The van der Waals surface area contributed by atoms with Crippen LogP contribution >= 0.6 is 0 Å². The van der Waals surface area contributed by atoms with Gasteiger partial charge in [0.15, 0.2) is 0 Å². The molecule has 6 aliphatic heterocycles. The van der Waals surface area contributed by atoms with E-state index < -0.39 is 95.0 Å². The molecule has 2 aromatic carbocycles. The summed E-state index contributed by atoms with van der Waals surface area (Å²) in [5.74, 6) is -7.82. The van der Waals surface area contributed by atoms with Crippen LogP contribution in [0.4, 0.5) is 5.69 Å². The molecule has 1 spiro atoms. The normalized spacial score (nSPS) is 29.4. The third-order valence-corrected chi connectivity index (χ3v) is 16.7. The second-order valence-corrected chi connectivity index (χ2v) is 23.1. The molecule has 0 saturated carbocycles. The first-order chi connectivity index (χ1) is 36.9. The largest absolute Gasteiger partial charge is 0.507 e. The maximum Gasteiger partial charge on any atom is 0.315 e. The lowest BCUT2D eigenvalue weighted by molar-refractivity contribution is -0.162. The van der Waals surface area contributed by atoms with Gasteiger partial charge < -0.3 is 54.9 Å². The van der Waals surface area contributed by atoms with Crippen LogP contribution in [-0.4, -0.2) is 135 Å². The number of aliphatic hydroxyl groups is 2. The molecule has 5 N–H and O–H groups in total. The van der Waals surface area contributed by atoms with Crippen molar-refractivity contribution in [1.29, 1.82) is 0 Å². The van der Waals surface area contributed by atoms with E-state index in [9.17, 15) is 44.1 Å². The van der Waals surface area contributed by atoms with Crippen molar-refractivity contribution < 1.29 is 58.3 Å². The van der Waals surface area contributed by atoms with Crippen LogP contribution in [0.15, 0.2) is 76.8 Å². The molecule has 2 aromatic rings. The molecule has 5 bridgehead atoms. The number of fused-ring (bicyclic) bond motifs is 13. The quantitative estimate of drug-likeness (QED) is 0.143. The molecule has 7 aliphatic rings. The number of aromatic hydroxyl groups is 1. The molecule has 6 heterocycles. The van der Waals surface area contributed by atoms with Crippen molar-refractivity contribution >= 4 is 46.7 Å². The number of benzene rings is 2. The van der Waals surface area contributed by atoms with E-state index in [1.807, 2.05) is 38.1 Å². The number of aryl methyl sites for hydroxylation is 1. The first kappa shape index (κ1) is 57.5. The Labute approximate surface area is 457 Å². The minimum absolute atomic E-state index is 0.00532. The Morgan fingerprint density at radius 3 is 2.26 bits per heavy atom. The summed E-state index contributed by atoms with van der Waals surface area (Å²) in [6, 6.07) is 7.53. The van der Waals surface area contributed by atoms with Gasteiger partial charge in [-0.15, -0.1) is 0 Å². The van der Waals surface area contributed by atoms with E-state index >= 15 is 0 Å². The van der Waals surface area contributed by atoms with Gasteiger partial charge in [0.2, 0.25) is 17.6 Å². The highest BCUT2D eigenvalue weighted by atomic mass is 16.7. The highest BCUT2D eigenvalue weighted by molar-refractivity contribution is 6.34. The molecule has 0 aromatic heterocycles. The Bertz CT molecular complexity index is 2890. The van der Waals surface area contributed by atoms with Crippen LogP contribution in [0, 0.1) is 43.4 Å². The summed E-state index contributed by atoms with van der Waals surface area (Å²) in [6.07, 6.45) is 6.27. The number of aliphatic imine (C=N–C) groups is 1. The van der Waals surface area contributed by atoms with Gasteiger partial charge in [-0.1, -0.05) is 78.0 Å². The molecule has 18 heteroatoms. The topological polar surface area (TPSA) is 237 Å². The Kier molecular flexibility index (Phi) is 17.0. The number of phenols is 1. The molecule has 420 valence electrons. The molecule has 8 atom stereocenters. The van der Waals surface area contributed by atoms with Crippen molar-refractivity contribution in [3.05, 3.63) is 99.6 Å². The van der Waals surface area contributed by atoms with E-state index in [1.165, 1.54) is 27.0 Å². The van der Waals surface area contributed by atoms with Gasteiger partial charge in [0, 0.05) is 106 Å². The number of phenolic OH excluding ortho intramolecular Hbond substituents is 1. The average molecular weight is 1080 g/mol. The lowest BCUT2D eigenvalue weighted by atomic mass is 9.79. The second-order valence-electron chi connectivity index (χ2n) is 23.1. The van der Waals surface area contributed by atoms with E-state index in [0.717, 1.165) is 17.8 Å². The lowest BCUT2D eigenvalue weighted by Gasteiger charge is -2.39. The Morgan fingerprint density at radius 2 is 1.60 bits per heavy atom. The predicted molar refractivity (Wildman–Crippen MR) is 293 cm³/mol. The summed E-state index contributed by atoms with van der Waals surface area (Å²) in [5.41, 5.74) is 1.46. The first-order valence-corrected chi connectivity index (χ1v) is 27.6. The SMILES string of the molecule is CC(=O)N(c1ccccc1C)C1CCN(C(=O)CC(=O)O[C@H]2[C@H](C)[C@H](O)[C@H](C)[C@@H](O)[C@@H](C)/C=C/C=C(/C)C(=O)NC3=C4NC5(CCN(CC(C)C)CC5)N=C4c4c(c(O)c(C)c5c4C(=O)[C@@](C)(O/C=C/C[C@H]2C)O5)C3=O)CC1. The highest BCUT2D eigenvalue weighted by Crippen LogP contribution is 2.50. The monoisotopic (exact) mass is 1070 g/mol. The second kappa shape index (κ2) is 23.0. The van der Waals surface area contributed by atoms with Crippen LogP contribution in [-0.2, 0) is 28.7 Å². The number of carbonyl (C=O) groups excluding carboxylic acids is 6. The number of Topliss-reactive ketones (excluding diaryl/α,β-unsaturated/α-hetero) is 2. The number of ether oxygens (including phenoxy) is 3. The Morgan fingerprint density at radius 1 is 0.923 bits per heavy atom. The molecule has 0 radical (unpaired) electrons. The number of aliphatic hydroxyl groups excluding tert-OH is 2. The summed E-state index contributed by atoms with van der Waals surface area (Å²) in [6.45, 7) is 22.3. The van der Waals surface area contributed by atoms with E-state index in [4.69, 9.17) is 19.2 Å². The number of para-hydroxylation sites is 1. The number of ketones is 2. The number of amides is 3. The van der Waals surface area contributed by atoms with E-state index in [2.05, 4.69) is 29.4 Å². The number of hydrogen-bond acceptors (Lipinski definition) is 15. The van der Waals surface area contributed by atoms with Crippen LogP contribution in [0.25, 0.3) is 0 Å². The molecule has 2 fully saturated rings. The number of esters is 1. The van der Waals surface area contributed by atoms with Crippen molar-refractivity contribution in [1.82, 2.24) is 20.4 Å². The highest BCUT2D eigenvalue weighted by Gasteiger charge is 2.54. The molecule has 0 unspecified atom stereocenters. The molecule has 18 nitrogen and oxygen atoms in total. The molecular formula is C60H78N6O12. The maximum absolute atomic E-state index is 14.9. The van der Waals surface area contributed by atoms with Crippen molar-refractivity contribution in [3.8, 4) is 11.5 Å². The van der Waals surface area contributed by atoms with Gasteiger partial charge >= 0.3 is 11.8 Å². The first-order valence-electron chi connectivity index (χ1n) is 27.6. The smallest absolute Gasteiger partial charge is 0.315 e. The van der Waals surface area contributed by atoms with Crippen molar-refractivity contribution in [2.75, 3.05) is 37.6 Å². The number of nitrogens with one attached hydrogen (secondary N) is 2. The van der Waals surface area contributed by atoms with Crippen molar-refractivity contribution in [2.24, 2.45) is 34.6 Å². The zero-order valence-electron chi connectivity index (χ0n) is 47.0. The third kappa shape index (κ3) is 11.3. The zero-order chi connectivity index (χ0) is 56.7. The van der Waals surface area contributed by atoms with Crippen LogP contribution in [0.5, 0.6) is 11.5 Å². The lowest BCUT2D eigenvalue weighted by Crippen LogP contribution is -2.50. The van der Waals surface area contributed by atoms with Crippen LogP contribution in [0.1, 0.15) is 138 Å². The molecule has 1 aliphatic carbocycles. The molecule has 2 saturated heterocycles. The van der Waals surface area contributed by atoms with Crippen molar-refractivity contribution in [2.45, 2.75) is 150 Å². The standard InChI is InChI=1S/C60H78N6O12/c1-32(2)31-64-27-23-60(24-28-64)62-48-45-46-53(72)39(9)56-47(45)57(74)59(11,78-56)76-29-15-19-35(5)55(77-44(69)30-43(68)65-25-21-41(22-26-65)66(40(10)67)42-20-13-12-16-33(42)3)38(8)52(71)37(7)51(70)34(4)17-14-18-36(6)58(75)61-50(54(46)73)49(48)63-60/h12-18,20,29,32,34-35,37-38,41,51-52,55,63,70-72H,19,21-28,30-31H2,1-11H3,(H,61,75)/b17-14+,29-15+,36-18-/t34-,35+,37+,38+,51-,52+,55+,59-/m0/s1. The third-order valence-electron chi connectivity index (χ3n) is 16.7. The van der Waals surface area contributed by atoms with Gasteiger partial charge in [-0.3, -0.25) is 33.8 Å². The fourth-order valence-corrected chi connectivity index (χ4v) is 12.1. The number of rotatable bonds is 7. The van der Waals surface area contributed by atoms with Gasteiger partial charge in [0.05, 0.1) is 41.0 Å². The molecule has 78 heavy (non-hydrogen) atoms. The number of piperidine rings is 2. The van der Waals surface area contributed by atoms with Crippen LogP contribution < -0.4 is 20.3 Å². The molecular weight excluding hydrogens is 997 g/mol. The fraction of sp³-hybridized carbons (Fsp3) is 0.550. The van der Waals surface area contributed by atoms with Gasteiger partial charge in [-0.25, -0.2) is 0 Å². The van der Waals surface area contributed by atoms with Gasteiger partial charge in [0.25, 0.3) is 11.7 Å². The summed E-state index contributed by atoms with van der Waals surface area (Å²) in [7, 11) is 0. The summed E-state index contributed by atoms with van der Waals surface area (Å²) < 4.78 is 18.6. The van der Waals surface area contributed by atoms with Crippen molar-refractivity contribution in [3.63, 3.8) is 0 Å².